The van der Waals surface area contributed by atoms with Crippen LogP contribution in [0.25, 0.3) is 0 Å². The highest BCUT2D eigenvalue weighted by atomic mass is 16.2. The summed E-state index contributed by atoms with van der Waals surface area (Å²) < 4.78 is 0. The minimum atomic E-state index is -0.134. The molecule has 0 spiro atoms. The van der Waals surface area contributed by atoms with E-state index in [1.165, 1.54) is 0 Å². The van der Waals surface area contributed by atoms with Gasteiger partial charge in [0.1, 0.15) is 0 Å². The van der Waals surface area contributed by atoms with Crippen LogP contribution in [0.4, 0.5) is 0 Å². The standard InChI is InChI=1S/C18H19N3O2/c22-17-4-2-10-21(17)13-15-7-5-14(6-8-15)11-20-18(23)16-3-1-9-19-12-16/h1,3,5-9,12H,2,4,10-11,13H2,(H,20,23). The average Bonchev–Trinajstić information content (AvgIpc) is 2.99. The van der Waals surface area contributed by atoms with Crippen molar-refractivity contribution in [3.63, 3.8) is 0 Å². The second-order valence-corrected chi connectivity index (χ2v) is 5.66. The van der Waals surface area contributed by atoms with Crippen molar-refractivity contribution in [1.29, 1.82) is 0 Å². The molecular weight excluding hydrogens is 290 g/mol. The first kappa shape index (κ1) is 15.2. The summed E-state index contributed by atoms with van der Waals surface area (Å²) in [6.07, 6.45) is 4.81. The van der Waals surface area contributed by atoms with Crippen LogP contribution in [0.3, 0.4) is 0 Å². The van der Waals surface area contributed by atoms with Crippen LogP contribution in [0.1, 0.15) is 34.3 Å². The molecule has 2 amide bonds. The van der Waals surface area contributed by atoms with Crippen molar-refractivity contribution in [1.82, 2.24) is 15.2 Å². The number of carbonyl (C=O) groups excluding carboxylic acids is 2. The van der Waals surface area contributed by atoms with Gasteiger partial charge in [0.25, 0.3) is 5.91 Å². The summed E-state index contributed by atoms with van der Waals surface area (Å²) in [7, 11) is 0. The Kier molecular flexibility index (Phi) is 4.66. The number of hydrogen-bond acceptors (Lipinski definition) is 3. The molecule has 0 bridgehead atoms. The smallest absolute Gasteiger partial charge is 0.253 e. The normalized spacial score (nSPS) is 14.1. The fourth-order valence-electron chi connectivity index (χ4n) is 2.64. The fourth-order valence-corrected chi connectivity index (χ4v) is 2.64. The third kappa shape index (κ3) is 3.94. The van der Waals surface area contributed by atoms with Gasteiger partial charge in [0.05, 0.1) is 5.56 Å². The molecule has 3 rings (SSSR count). The van der Waals surface area contributed by atoms with Crippen molar-refractivity contribution in [3.05, 3.63) is 65.5 Å². The highest BCUT2D eigenvalue weighted by Crippen LogP contribution is 2.14. The Morgan fingerprint density at radius 3 is 2.61 bits per heavy atom. The Morgan fingerprint density at radius 1 is 1.17 bits per heavy atom. The molecule has 5 nitrogen and oxygen atoms in total. The molecular formula is C18H19N3O2. The first-order valence-corrected chi connectivity index (χ1v) is 7.76. The maximum absolute atomic E-state index is 12.0. The van der Waals surface area contributed by atoms with Crippen LogP contribution in [-0.2, 0) is 17.9 Å². The Hall–Kier alpha value is -2.69. The fraction of sp³-hybridized carbons (Fsp3) is 0.278. The van der Waals surface area contributed by atoms with Crippen molar-refractivity contribution in [2.24, 2.45) is 0 Å². The van der Waals surface area contributed by atoms with E-state index in [9.17, 15) is 9.59 Å². The number of hydrogen-bond donors (Lipinski definition) is 1. The number of pyridine rings is 1. The molecule has 1 fully saturated rings. The largest absolute Gasteiger partial charge is 0.348 e. The SMILES string of the molecule is O=C(NCc1ccc(CN2CCCC2=O)cc1)c1cccnc1. The molecule has 1 aliphatic rings. The monoisotopic (exact) mass is 309 g/mol. The van der Waals surface area contributed by atoms with Gasteiger partial charge in [-0.25, -0.2) is 0 Å². The second-order valence-electron chi connectivity index (χ2n) is 5.66. The van der Waals surface area contributed by atoms with E-state index in [2.05, 4.69) is 10.3 Å². The zero-order valence-electron chi connectivity index (χ0n) is 12.9. The lowest BCUT2D eigenvalue weighted by Gasteiger charge is -2.15. The van der Waals surface area contributed by atoms with Gasteiger partial charge >= 0.3 is 0 Å². The molecule has 0 radical (unpaired) electrons. The molecule has 0 saturated carbocycles. The van der Waals surface area contributed by atoms with Gasteiger partial charge in [-0.1, -0.05) is 24.3 Å². The molecule has 1 aromatic carbocycles. The molecule has 5 heteroatoms. The zero-order chi connectivity index (χ0) is 16.1. The van der Waals surface area contributed by atoms with E-state index in [-0.39, 0.29) is 11.8 Å². The van der Waals surface area contributed by atoms with Crippen LogP contribution in [0.2, 0.25) is 0 Å². The van der Waals surface area contributed by atoms with Crippen molar-refractivity contribution in [2.45, 2.75) is 25.9 Å². The average molecular weight is 309 g/mol. The van der Waals surface area contributed by atoms with E-state index in [4.69, 9.17) is 0 Å². The first-order valence-electron chi connectivity index (χ1n) is 7.76. The number of benzene rings is 1. The number of nitrogens with one attached hydrogen (secondary N) is 1. The Morgan fingerprint density at radius 2 is 1.96 bits per heavy atom. The minimum Gasteiger partial charge on any atom is -0.348 e. The van der Waals surface area contributed by atoms with Gasteiger partial charge in [-0.3, -0.25) is 14.6 Å². The number of amides is 2. The summed E-state index contributed by atoms with van der Waals surface area (Å²) in [5, 5.41) is 2.87. The van der Waals surface area contributed by atoms with Crippen LogP contribution in [0.5, 0.6) is 0 Å². The number of aromatic nitrogens is 1. The Balaban J connectivity index is 1.53. The van der Waals surface area contributed by atoms with Crippen molar-refractivity contribution in [2.75, 3.05) is 6.54 Å². The summed E-state index contributed by atoms with van der Waals surface area (Å²) in [6, 6.07) is 11.5. The first-order chi connectivity index (χ1) is 11.2. The van der Waals surface area contributed by atoms with Gasteiger partial charge in [0.15, 0.2) is 0 Å². The van der Waals surface area contributed by atoms with Gasteiger partial charge in [0.2, 0.25) is 5.91 Å². The number of nitrogens with zero attached hydrogens (tertiary/aromatic N) is 2. The highest BCUT2D eigenvalue weighted by Gasteiger charge is 2.19. The maximum Gasteiger partial charge on any atom is 0.253 e. The number of likely N-dealkylation sites (tertiary alicyclic amines) is 1. The Labute approximate surface area is 135 Å². The van der Waals surface area contributed by atoms with Gasteiger partial charge in [-0.15, -0.1) is 0 Å². The highest BCUT2D eigenvalue weighted by molar-refractivity contribution is 5.93. The molecule has 0 aliphatic carbocycles. The summed E-state index contributed by atoms with van der Waals surface area (Å²) in [4.78, 5) is 29.4. The molecule has 2 aromatic rings. The lowest BCUT2D eigenvalue weighted by atomic mass is 10.1. The van der Waals surface area contributed by atoms with E-state index >= 15 is 0 Å². The van der Waals surface area contributed by atoms with Crippen molar-refractivity contribution >= 4 is 11.8 Å². The van der Waals surface area contributed by atoms with Gasteiger partial charge in [-0.05, 0) is 29.7 Å². The van der Waals surface area contributed by atoms with Crippen LogP contribution < -0.4 is 5.32 Å². The molecule has 1 aromatic heterocycles. The van der Waals surface area contributed by atoms with E-state index < -0.39 is 0 Å². The lowest BCUT2D eigenvalue weighted by molar-refractivity contribution is -0.128. The predicted molar refractivity (Wildman–Crippen MR) is 86.5 cm³/mol. The maximum atomic E-state index is 12.0. The van der Waals surface area contributed by atoms with E-state index in [1.54, 1.807) is 24.5 Å². The van der Waals surface area contributed by atoms with Crippen LogP contribution in [-0.4, -0.2) is 28.2 Å². The molecule has 118 valence electrons. The quantitative estimate of drug-likeness (QED) is 0.920. The van der Waals surface area contributed by atoms with E-state index in [1.807, 2.05) is 29.2 Å². The number of carbonyl (C=O) groups is 2. The van der Waals surface area contributed by atoms with Gasteiger partial charge in [0, 0.05) is 38.4 Å². The van der Waals surface area contributed by atoms with Crippen LogP contribution >= 0.6 is 0 Å². The van der Waals surface area contributed by atoms with Crippen LogP contribution in [0, 0.1) is 0 Å². The molecule has 0 atom stereocenters. The molecule has 1 aliphatic heterocycles. The Bertz CT molecular complexity index is 683. The summed E-state index contributed by atoms with van der Waals surface area (Å²) >= 11 is 0. The number of rotatable bonds is 5. The summed E-state index contributed by atoms with van der Waals surface area (Å²) in [5.74, 6) is 0.0997. The molecule has 23 heavy (non-hydrogen) atoms. The lowest BCUT2D eigenvalue weighted by Crippen LogP contribution is -2.24. The minimum absolute atomic E-state index is 0.134. The topological polar surface area (TPSA) is 62.3 Å². The second kappa shape index (κ2) is 7.05. The summed E-state index contributed by atoms with van der Waals surface area (Å²) in [5.41, 5.74) is 2.69. The third-order valence-electron chi connectivity index (χ3n) is 3.94. The van der Waals surface area contributed by atoms with E-state index in [0.717, 1.165) is 24.1 Å². The molecule has 1 N–H and O–H groups in total. The van der Waals surface area contributed by atoms with Gasteiger partial charge in [-0.2, -0.15) is 0 Å². The van der Waals surface area contributed by atoms with Crippen molar-refractivity contribution in [3.8, 4) is 0 Å². The van der Waals surface area contributed by atoms with Crippen LogP contribution in [0.15, 0.2) is 48.8 Å². The van der Waals surface area contributed by atoms with Crippen molar-refractivity contribution < 1.29 is 9.59 Å². The molecule has 2 heterocycles. The zero-order valence-corrected chi connectivity index (χ0v) is 12.9. The third-order valence-corrected chi connectivity index (χ3v) is 3.94. The van der Waals surface area contributed by atoms with Gasteiger partial charge < -0.3 is 10.2 Å². The molecule has 0 unspecified atom stereocenters. The van der Waals surface area contributed by atoms with E-state index in [0.29, 0.717) is 25.1 Å². The molecule has 1 saturated heterocycles. The summed E-state index contributed by atoms with van der Waals surface area (Å²) in [6.45, 7) is 1.99. The predicted octanol–water partition coefficient (Wildman–Crippen LogP) is 2.13.